The zero-order valence-corrected chi connectivity index (χ0v) is 16.4. The van der Waals surface area contributed by atoms with E-state index in [0.717, 1.165) is 10.7 Å². The Morgan fingerprint density at radius 3 is 2.85 bits per heavy atom. The van der Waals surface area contributed by atoms with Gasteiger partial charge in [-0.25, -0.2) is 4.98 Å². The third-order valence-electron chi connectivity index (χ3n) is 3.54. The molecule has 8 heteroatoms. The number of aromatic nitrogens is 1. The second kappa shape index (κ2) is 8.12. The average molecular weight is 411 g/mol. The van der Waals surface area contributed by atoms with Crippen molar-refractivity contribution >= 4 is 40.4 Å². The molecule has 3 rings (SSSR count). The molecule has 0 saturated heterocycles. The summed E-state index contributed by atoms with van der Waals surface area (Å²) >= 11 is 13.5. The number of aryl methyl sites for hydroxylation is 1. The van der Waals surface area contributed by atoms with Crippen molar-refractivity contribution in [1.82, 2.24) is 10.3 Å². The zero-order chi connectivity index (χ0) is 18.7. The van der Waals surface area contributed by atoms with Gasteiger partial charge in [-0.1, -0.05) is 23.2 Å². The highest BCUT2D eigenvalue weighted by Gasteiger charge is 2.17. The molecule has 1 N–H and O–H groups in total. The van der Waals surface area contributed by atoms with Crippen LogP contribution in [0.4, 0.5) is 0 Å². The van der Waals surface area contributed by atoms with Crippen LogP contribution in [0.15, 0.2) is 40.1 Å². The van der Waals surface area contributed by atoms with Crippen LogP contribution < -0.4 is 10.1 Å². The Hall–Kier alpha value is -2.02. The summed E-state index contributed by atoms with van der Waals surface area (Å²) in [6.45, 7) is 3.84. The van der Waals surface area contributed by atoms with Crippen molar-refractivity contribution in [3.05, 3.63) is 56.5 Å². The molecule has 0 unspecified atom stereocenters. The summed E-state index contributed by atoms with van der Waals surface area (Å²) in [5, 5.41) is 6.53. The van der Waals surface area contributed by atoms with E-state index >= 15 is 0 Å². The first-order valence-corrected chi connectivity index (χ1v) is 9.46. The van der Waals surface area contributed by atoms with Crippen molar-refractivity contribution in [2.75, 3.05) is 0 Å². The number of carbonyl (C=O) groups excluding carboxylic acids is 1. The summed E-state index contributed by atoms with van der Waals surface area (Å²) in [7, 11) is 0. The van der Waals surface area contributed by atoms with E-state index in [1.807, 2.05) is 24.4 Å². The number of nitrogens with zero attached hydrogens (tertiary/aromatic N) is 1. The molecular weight excluding hydrogens is 395 g/mol. The number of nitrogens with one attached hydrogen (secondary N) is 1. The minimum Gasteiger partial charge on any atom is -0.479 e. The second-order valence-electron chi connectivity index (χ2n) is 5.57. The standard InChI is InChI=1S/C18H16Cl2N2O3S/c1-10(24-16-5-3-12(19)7-14(16)20)18(23)21-8-13-4-6-17(25-13)15-9-26-11(2)22-15/h3-7,9-10H,8H2,1-2H3,(H,21,23)/t10-/m0/s1. The predicted octanol–water partition coefficient (Wildman–Crippen LogP) is 5.10. The van der Waals surface area contributed by atoms with Crippen molar-refractivity contribution in [1.29, 1.82) is 0 Å². The molecule has 5 nitrogen and oxygen atoms in total. The van der Waals surface area contributed by atoms with Gasteiger partial charge in [-0.05, 0) is 44.2 Å². The van der Waals surface area contributed by atoms with Crippen LogP contribution in [0.1, 0.15) is 17.7 Å². The Bertz CT molecular complexity index is 923. The van der Waals surface area contributed by atoms with E-state index in [9.17, 15) is 4.79 Å². The van der Waals surface area contributed by atoms with Gasteiger partial charge in [0.25, 0.3) is 5.91 Å². The van der Waals surface area contributed by atoms with E-state index in [4.69, 9.17) is 32.4 Å². The number of halogens is 2. The molecule has 3 aromatic rings. The molecule has 0 aliphatic carbocycles. The lowest BCUT2D eigenvalue weighted by Gasteiger charge is -2.15. The monoisotopic (exact) mass is 410 g/mol. The first kappa shape index (κ1) is 18.8. The number of thiazole rings is 1. The van der Waals surface area contributed by atoms with Crippen molar-refractivity contribution in [2.45, 2.75) is 26.5 Å². The number of furan rings is 1. The number of amides is 1. The summed E-state index contributed by atoms with van der Waals surface area (Å²) in [5.41, 5.74) is 0.791. The lowest BCUT2D eigenvalue weighted by molar-refractivity contribution is -0.127. The fourth-order valence-corrected chi connectivity index (χ4v) is 3.28. The number of hydrogen-bond donors (Lipinski definition) is 1. The maximum Gasteiger partial charge on any atom is 0.261 e. The quantitative estimate of drug-likeness (QED) is 0.613. The van der Waals surface area contributed by atoms with Gasteiger partial charge in [0.1, 0.15) is 17.2 Å². The number of ether oxygens (including phenoxy) is 1. The molecule has 1 atom stereocenters. The first-order valence-electron chi connectivity index (χ1n) is 7.83. The highest BCUT2D eigenvalue weighted by Crippen LogP contribution is 2.28. The van der Waals surface area contributed by atoms with Crippen LogP contribution in [0.25, 0.3) is 11.5 Å². The molecule has 2 aromatic heterocycles. The van der Waals surface area contributed by atoms with Gasteiger partial charge >= 0.3 is 0 Å². The molecule has 1 amide bonds. The van der Waals surface area contributed by atoms with Crippen molar-refractivity contribution in [3.63, 3.8) is 0 Å². The van der Waals surface area contributed by atoms with E-state index in [0.29, 0.717) is 27.3 Å². The number of rotatable bonds is 6. The van der Waals surface area contributed by atoms with E-state index in [1.165, 1.54) is 0 Å². The van der Waals surface area contributed by atoms with Crippen molar-refractivity contribution < 1.29 is 13.9 Å². The number of carbonyl (C=O) groups is 1. The highest BCUT2D eigenvalue weighted by atomic mass is 35.5. The van der Waals surface area contributed by atoms with Crippen molar-refractivity contribution in [3.8, 4) is 17.2 Å². The smallest absolute Gasteiger partial charge is 0.261 e. The molecule has 0 aliphatic rings. The fraction of sp³-hybridized carbons (Fsp3) is 0.222. The number of hydrogen-bond acceptors (Lipinski definition) is 5. The lowest BCUT2D eigenvalue weighted by atomic mass is 10.3. The zero-order valence-electron chi connectivity index (χ0n) is 14.1. The Morgan fingerprint density at radius 1 is 1.35 bits per heavy atom. The van der Waals surface area contributed by atoms with Gasteiger partial charge in [0.05, 0.1) is 16.6 Å². The van der Waals surface area contributed by atoms with Gasteiger partial charge in [-0.3, -0.25) is 4.79 Å². The molecule has 1 aromatic carbocycles. The Balaban J connectivity index is 1.55. The Morgan fingerprint density at radius 2 is 2.15 bits per heavy atom. The van der Waals surface area contributed by atoms with Gasteiger partial charge in [0, 0.05) is 10.4 Å². The highest BCUT2D eigenvalue weighted by molar-refractivity contribution is 7.09. The van der Waals surface area contributed by atoms with Crippen LogP contribution in [0.5, 0.6) is 5.75 Å². The van der Waals surface area contributed by atoms with Crippen LogP contribution in [-0.4, -0.2) is 17.0 Å². The molecule has 0 spiro atoms. The third-order valence-corrected chi connectivity index (χ3v) is 4.84. The minimum absolute atomic E-state index is 0.254. The molecule has 26 heavy (non-hydrogen) atoms. The topological polar surface area (TPSA) is 64.4 Å². The van der Waals surface area contributed by atoms with E-state index in [1.54, 1.807) is 36.5 Å². The largest absolute Gasteiger partial charge is 0.479 e. The minimum atomic E-state index is -0.718. The van der Waals surface area contributed by atoms with Gasteiger partial charge in [0.15, 0.2) is 11.9 Å². The predicted molar refractivity (Wildman–Crippen MR) is 103 cm³/mol. The SMILES string of the molecule is Cc1nc(-c2ccc(CNC(=O)[C@H](C)Oc3ccc(Cl)cc3Cl)o2)cs1. The Kier molecular flexibility index (Phi) is 5.86. The van der Waals surface area contributed by atoms with Gasteiger partial charge in [0.2, 0.25) is 0 Å². The van der Waals surface area contributed by atoms with Crippen LogP contribution in [0.3, 0.4) is 0 Å². The number of benzene rings is 1. The fourth-order valence-electron chi connectivity index (χ4n) is 2.22. The summed E-state index contributed by atoms with van der Waals surface area (Å²) < 4.78 is 11.3. The van der Waals surface area contributed by atoms with Gasteiger partial charge in [-0.2, -0.15) is 0 Å². The molecule has 0 fully saturated rings. The summed E-state index contributed by atoms with van der Waals surface area (Å²) in [6, 6.07) is 8.49. The summed E-state index contributed by atoms with van der Waals surface area (Å²) in [5.74, 6) is 1.43. The maximum absolute atomic E-state index is 12.2. The second-order valence-corrected chi connectivity index (χ2v) is 7.48. The van der Waals surface area contributed by atoms with Crippen LogP contribution >= 0.6 is 34.5 Å². The maximum atomic E-state index is 12.2. The molecular formula is C18H16Cl2N2O3S. The molecule has 2 heterocycles. The van der Waals surface area contributed by atoms with Gasteiger partial charge in [-0.15, -0.1) is 11.3 Å². The van der Waals surface area contributed by atoms with E-state index in [-0.39, 0.29) is 12.5 Å². The Labute approximate surface area is 164 Å². The summed E-state index contributed by atoms with van der Waals surface area (Å²) in [6.07, 6.45) is -0.718. The molecule has 0 bridgehead atoms. The van der Waals surface area contributed by atoms with Crippen LogP contribution in [0, 0.1) is 6.92 Å². The molecule has 0 radical (unpaired) electrons. The van der Waals surface area contributed by atoms with Crippen LogP contribution in [-0.2, 0) is 11.3 Å². The lowest BCUT2D eigenvalue weighted by Crippen LogP contribution is -2.35. The average Bonchev–Trinajstić information content (AvgIpc) is 3.24. The molecule has 0 aliphatic heterocycles. The molecule has 0 saturated carbocycles. The van der Waals surface area contributed by atoms with Gasteiger partial charge < -0.3 is 14.5 Å². The van der Waals surface area contributed by atoms with Crippen molar-refractivity contribution in [2.24, 2.45) is 0 Å². The third kappa shape index (κ3) is 4.58. The normalized spacial score (nSPS) is 12.0. The van der Waals surface area contributed by atoms with Crippen LogP contribution in [0.2, 0.25) is 10.0 Å². The van der Waals surface area contributed by atoms with E-state index in [2.05, 4.69) is 10.3 Å². The summed E-state index contributed by atoms with van der Waals surface area (Å²) in [4.78, 5) is 16.6. The first-order chi connectivity index (χ1) is 12.4. The van der Waals surface area contributed by atoms with E-state index < -0.39 is 6.10 Å². The molecule has 136 valence electrons.